The van der Waals surface area contributed by atoms with Crippen LogP contribution in [-0.2, 0) is 16.0 Å². The highest BCUT2D eigenvalue weighted by Crippen LogP contribution is 2.39. The van der Waals surface area contributed by atoms with Crippen LogP contribution >= 0.6 is 0 Å². The second-order valence-electron chi connectivity index (χ2n) is 5.29. The molecule has 0 saturated carbocycles. The van der Waals surface area contributed by atoms with Crippen LogP contribution in [0.5, 0.6) is 5.75 Å². The zero-order valence-electron chi connectivity index (χ0n) is 11.5. The highest BCUT2D eigenvalue weighted by molar-refractivity contribution is 5.74. The average Bonchev–Trinajstić information content (AvgIpc) is 2.89. The van der Waals surface area contributed by atoms with Gasteiger partial charge in [-0.25, -0.2) is 0 Å². The monoisotopic (exact) mass is 277 g/mol. The summed E-state index contributed by atoms with van der Waals surface area (Å²) in [5.41, 5.74) is 2.50. The Bertz CT molecular complexity index is 517. The minimum atomic E-state index is -0.805. The van der Waals surface area contributed by atoms with Crippen LogP contribution in [0.1, 0.15) is 23.6 Å². The molecule has 0 spiro atoms. The van der Waals surface area contributed by atoms with Crippen LogP contribution in [0.2, 0.25) is 0 Å². The van der Waals surface area contributed by atoms with Gasteiger partial charge in [-0.3, -0.25) is 9.69 Å². The van der Waals surface area contributed by atoms with Gasteiger partial charge in [-0.05, 0) is 36.1 Å². The minimum absolute atomic E-state index is 0.157. The molecule has 1 aliphatic heterocycles. The molecular weight excluding hydrogens is 258 g/mol. The van der Waals surface area contributed by atoms with Gasteiger partial charge in [0.1, 0.15) is 11.8 Å². The molecule has 5 nitrogen and oxygen atoms in total. The number of aryl methyl sites for hydroxylation is 1. The summed E-state index contributed by atoms with van der Waals surface area (Å²) in [6, 6.07) is 5.71. The number of methoxy groups -OCH3 is 1. The van der Waals surface area contributed by atoms with Crippen molar-refractivity contribution in [3.63, 3.8) is 0 Å². The van der Waals surface area contributed by atoms with E-state index in [0.717, 1.165) is 18.6 Å². The van der Waals surface area contributed by atoms with E-state index in [1.54, 1.807) is 7.11 Å². The minimum Gasteiger partial charge on any atom is -0.497 e. The van der Waals surface area contributed by atoms with Crippen molar-refractivity contribution < 1.29 is 19.4 Å². The fraction of sp³-hybridized carbons (Fsp3) is 0.533. The van der Waals surface area contributed by atoms with Gasteiger partial charge in [0, 0.05) is 12.6 Å². The lowest BCUT2D eigenvalue weighted by molar-refractivity contribution is -0.151. The lowest BCUT2D eigenvalue weighted by Gasteiger charge is -2.37. The predicted octanol–water partition coefficient (Wildman–Crippen LogP) is 1.47. The van der Waals surface area contributed by atoms with Crippen molar-refractivity contribution in [1.82, 2.24) is 4.90 Å². The first-order valence-electron chi connectivity index (χ1n) is 6.94. The molecule has 20 heavy (non-hydrogen) atoms. The van der Waals surface area contributed by atoms with Crippen molar-refractivity contribution in [3.8, 4) is 5.75 Å². The lowest BCUT2D eigenvalue weighted by Crippen LogP contribution is -2.50. The summed E-state index contributed by atoms with van der Waals surface area (Å²) < 4.78 is 10.6. The number of hydrogen-bond acceptors (Lipinski definition) is 4. The number of hydrogen-bond donors (Lipinski definition) is 1. The van der Waals surface area contributed by atoms with Gasteiger partial charge < -0.3 is 14.6 Å². The number of rotatable bonds is 3. The third-order valence-electron chi connectivity index (χ3n) is 4.25. The molecule has 5 heteroatoms. The first-order valence-corrected chi connectivity index (χ1v) is 6.94. The number of carboxylic acid groups (broad SMARTS) is 1. The molecule has 3 rings (SSSR count). The third kappa shape index (κ3) is 2.27. The van der Waals surface area contributed by atoms with E-state index < -0.39 is 12.0 Å². The van der Waals surface area contributed by atoms with Crippen molar-refractivity contribution in [1.29, 1.82) is 0 Å². The van der Waals surface area contributed by atoms with Crippen LogP contribution in [0.25, 0.3) is 0 Å². The van der Waals surface area contributed by atoms with Crippen molar-refractivity contribution in [3.05, 3.63) is 29.3 Å². The normalized spacial score (nSPS) is 26.2. The van der Waals surface area contributed by atoms with Crippen molar-refractivity contribution in [2.75, 3.05) is 26.9 Å². The van der Waals surface area contributed by atoms with E-state index in [1.165, 1.54) is 11.1 Å². The lowest BCUT2D eigenvalue weighted by atomic mass is 10.0. The largest absolute Gasteiger partial charge is 0.497 e. The number of carboxylic acids is 1. The topological polar surface area (TPSA) is 59.0 Å². The summed E-state index contributed by atoms with van der Waals surface area (Å²) in [6.07, 6.45) is 1.96. The maximum Gasteiger partial charge on any atom is 0.323 e. The second kappa shape index (κ2) is 5.42. The predicted molar refractivity (Wildman–Crippen MR) is 73.0 cm³/mol. The molecule has 0 radical (unpaired) electrons. The molecule has 0 aromatic heterocycles. The Balaban J connectivity index is 1.90. The highest BCUT2D eigenvalue weighted by Gasteiger charge is 2.37. The molecule has 2 unspecified atom stereocenters. The van der Waals surface area contributed by atoms with Gasteiger partial charge in [0.15, 0.2) is 0 Å². The number of carbonyl (C=O) groups is 1. The van der Waals surface area contributed by atoms with Gasteiger partial charge in [-0.15, -0.1) is 0 Å². The van der Waals surface area contributed by atoms with Crippen LogP contribution in [-0.4, -0.2) is 48.9 Å². The molecule has 1 fully saturated rings. The Kier molecular flexibility index (Phi) is 3.63. The molecule has 1 heterocycles. The maximum atomic E-state index is 11.4. The Morgan fingerprint density at radius 1 is 1.50 bits per heavy atom. The molecule has 1 aromatic rings. The highest BCUT2D eigenvalue weighted by atomic mass is 16.5. The first kappa shape index (κ1) is 13.4. The van der Waals surface area contributed by atoms with Gasteiger partial charge >= 0.3 is 5.97 Å². The molecule has 2 aliphatic rings. The molecule has 1 N–H and O–H groups in total. The SMILES string of the molecule is COc1ccc2c(c1)C(N1CCOCC1C(=O)O)CC2. The Labute approximate surface area is 118 Å². The summed E-state index contributed by atoms with van der Waals surface area (Å²) in [6.45, 7) is 1.53. The molecular formula is C15H19NO4. The molecule has 1 saturated heterocycles. The van der Waals surface area contributed by atoms with Crippen molar-refractivity contribution >= 4 is 5.97 Å². The number of morpholine rings is 1. The Morgan fingerprint density at radius 2 is 2.35 bits per heavy atom. The van der Waals surface area contributed by atoms with E-state index in [9.17, 15) is 9.90 Å². The summed E-state index contributed by atoms with van der Waals surface area (Å²) in [5.74, 6) is 0.0248. The molecule has 1 aromatic carbocycles. The van der Waals surface area contributed by atoms with Crippen LogP contribution < -0.4 is 4.74 Å². The van der Waals surface area contributed by atoms with Gasteiger partial charge in [0.2, 0.25) is 0 Å². The fourth-order valence-electron chi connectivity index (χ4n) is 3.23. The van der Waals surface area contributed by atoms with E-state index in [0.29, 0.717) is 13.2 Å². The zero-order chi connectivity index (χ0) is 14.1. The van der Waals surface area contributed by atoms with Crippen LogP contribution in [0, 0.1) is 0 Å². The first-order chi connectivity index (χ1) is 9.70. The van der Waals surface area contributed by atoms with Crippen molar-refractivity contribution in [2.45, 2.75) is 24.9 Å². The summed E-state index contributed by atoms with van der Waals surface area (Å²) >= 11 is 0. The summed E-state index contributed by atoms with van der Waals surface area (Å²) in [5, 5.41) is 9.37. The second-order valence-corrected chi connectivity index (χ2v) is 5.29. The van der Waals surface area contributed by atoms with E-state index in [-0.39, 0.29) is 12.6 Å². The molecule has 2 atom stereocenters. The quantitative estimate of drug-likeness (QED) is 0.906. The van der Waals surface area contributed by atoms with E-state index in [4.69, 9.17) is 9.47 Å². The van der Waals surface area contributed by atoms with Gasteiger partial charge in [-0.2, -0.15) is 0 Å². The average molecular weight is 277 g/mol. The number of benzene rings is 1. The summed E-state index contributed by atoms with van der Waals surface area (Å²) in [7, 11) is 1.65. The van der Waals surface area contributed by atoms with Gasteiger partial charge in [0.25, 0.3) is 0 Å². The van der Waals surface area contributed by atoms with Crippen LogP contribution in [0.4, 0.5) is 0 Å². The number of fused-ring (bicyclic) bond motifs is 1. The summed E-state index contributed by atoms with van der Waals surface area (Å²) in [4.78, 5) is 13.5. The van der Waals surface area contributed by atoms with Crippen LogP contribution in [0.15, 0.2) is 18.2 Å². The fourth-order valence-corrected chi connectivity index (χ4v) is 3.23. The maximum absolute atomic E-state index is 11.4. The van der Waals surface area contributed by atoms with E-state index >= 15 is 0 Å². The molecule has 1 aliphatic carbocycles. The number of aliphatic carboxylic acids is 1. The van der Waals surface area contributed by atoms with E-state index in [2.05, 4.69) is 11.0 Å². The van der Waals surface area contributed by atoms with Gasteiger partial charge in [0.05, 0.1) is 20.3 Å². The molecule has 108 valence electrons. The standard InChI is InChI=1S/C15H19NO4/c1-19-11-4-2-10-3-5-13(12(10)8-11)16-6-7-20-9-14(16)15(17)18/h2,4,8,13-14H,3,5-7,9H2,1H3,(H,17,18). The molecule has 0 amide bonds. The smallest absolute Gasteiger partial charge is 0.323 e. The third-order valence-corrected chi connectivity index (χ3v) is 4.25. The van der Waals surface area contributed by atoms with Crippen molar-refractivity contribution in [2.24, 2.45) is 0 Å². The zero-order valence-corrected chi connectivity index (χ0v) is 11.5. The number of nitrogens with zero attached hydrogens (tertiary/aromatic N) is 1. The number of ether oxygens (including phenoxy) is 2. The Morgan fingerprint density at radius 3 is 3.10 bits per heavy atom. The van der Waals surface area contributed by atoms with Crippen LogP contribution in [0.3, 0.4) is 0 Å². The van der Waals surface area contributed by atoms with Gasteiger partial charge in [-0.1, -0.05) is 6.07 Å². The molecule has 0 bridgehead atoms. The van der Waals surface area contributed by atoms with E-state index in [1.807, 2.05) is 12.1 Å². The Hall–Kier alpha value is -1.59.